The molecule has 0 aliphatic rings. The number of aryl methyl sites for hydroxylation is 2. The minimum Gasteiger partial charge on any atom is -0.309 e. The summed E-state index contributed by atoms with van der Waals surface area (Å²) in [6.45, 7) is 4.11. The van der Waals surface area contributed by atoms with Crippen molar-refractivity contribution in [3.8, 4) is 62.0 Å². The van der Waals surface area contributed by atoms with Crippen molar-refractivity contribution in [2.75, 3.05) is 0 Å². The van der Waals surface area contributed by atoms with E-state index in [0.717, 1.165) is 83.1 Å². The van der Waals surface area contributed by atoms with Gasteiger partial charge in [-0.25, -0.2) is 0 Å². The van der Waals surface area contributed by atoms with E-state index in [-0.39, 0.29) is 16.7 Å². The maximum atomic E-state index is 14.9. The van der Waals surface area contributed by atoms with Gasteiger partial charge in [-0.3, -0.25) is 0 Å². The van der Waals surface area contributed by atoms with Crippen LogP contribution in [0.5, 0.6) is 0 Å². The number of halogens is 6. The average Bonchev–Trinajstić information content (AvgIpc) is 3.85. The molecular weight excluding hydrogens is 865 g/mol. The number of fused-ring (bicyclic) bond motifs is 6. The van der Waals surface area contributed by atoms with Gasteiger partial charge in [0.1, 0.15) is 0 Å². The molecule has 0 N–H and O–H groups in total. The summed E-state index contributed by atoms with van der Waals surface area (Å²) < 4.78 is 93.2. The predicted octanol–water partition coefficient (Wildman–Crippen LogP) is 17.1. The molecule has 0 unspecified atom stereocenters. The van der Waals surface area contributed by atoms with Crippen LogP contribution in [-0.4, -0.2) is 9.13 Å². The molecule has 0 saturated carbocycles. The minimum atomic E-state index is -5.12. The zero-order chi connectivity index (χ0) is 47.1. The molecule has 0 saturated heterocycles. The molecule has 9 heteroatoms. The second-order valence-electron chi connectivity index (χ2n) is 17.1. The molecule has 0 aliphatic heterocycles. The molecule has 0 spiro atoms. The van der Waals surface area contributed by atoms with Crippen LogP contribution in [0, 0.1) is 25.2 Å². The van der Waals surface area contributed by atoms with Gasteiger partial charge in [-0.1, -0.05) is 109 Å². The summed E-state index contributed by atoms with van der Waals surface area (Å²) >= 11 is 0. The Morgan fingerprint density at radius 3 is 1.43 bits per heavy atom. The van der Waals surface area contributed by atoms with Crippen molar-refractivity contribution >= 4 is 43.6 Å². The Balaban J connectivity index is 1.21. The van der Waals surface area contributed by atoms with Crippen LogP contribution in [0.4, 0.5) is 26.3 Å². The normalized spacial score (nSPS) is 12.1. The van der Waals surface area contributed by atoms with Crippen LogP contribution < -0.4 is 0 Å². The van der Waals surface area contributed by atoms with E-state index in [1.165, 1.54) is 12.1 Å². The van der Waals surface area contributed by atoms with Gasteiger partial charge in [-0.2, -0.15) is 31.6 Å². The van der Waals surface area contributed by atoms with Gasteiger partial charge in [0.15, 0.2) is 0 Å². The Kier molecular flexibility index (Phi) is 9.90. The number of nitriles is 1. The van der Waals surface area contributed by atoms with Crippen molar-refractivity contribution in [1.29, 1.82) is 5.26 Å². The van der Waals surface area contributed by atoms with Gasteiger partial charge in [0, 0.05) is 43.9 Å². The second kappa shape index (κ2) is 15.9. The summed E-state index contributed by atoms with van der Waals surface area (Å²) in [5, 5.41) is 14.6. The first-order valence-electron chi connectivity index (χ1n) is 22.0. The Morgan fingerprint density at radius 1 is 0.397 bits per heavy atom. The first-order chi connectivity index (χ1) is 32.8. The predicted molar refractivity (Wildman–Crippen MR) is 261 cm³/mol. The van der Waals surface area contributed by atoms with E-state index < -0.39 is 29.0 Å². The summed E-state index contributed by atoms with van der Waals surface area (Å²) in [6.07, 6.45) is -10.2. The topological polar surface area (TPSA) is 33.6 Å². The van der Waals surface area contributed by atoms with Gasteiger partial charge in [0.2, 0.25) is 0 Å². The van der Waals surface area contributed by atoms with Gasteiger partial charge in [-0.05, 0) is 132 Å². The number of benzene rings is 9. The number of para-hydroxylation sites is 2. The monoisotopic (exact) mass is 901 g/mol. The van der Waals surface area contributed by atoms with E-state index in [2.05, 4.69) is 60.0 Å². The summed E-state index contributed by atoms with van der Waals surface area (Å²) in [5.41, 5.74) is 7.35. The van der Waals surface area contributed by atoms with Crippen molar-refractivity contribution < 1.29 is 26.3 Å². The van der Waals surface area contributed by atoms with Crippen LogP contribution in [0.15, 0.2) is 188 Å². The van der Waals surface area contributed by atoms with Crippen molar-refractivity contribution in [2.45, 2.75) is 26.2 Å². The van der Waals surface area contributed by atoms with Crippen LogP contribution in [0.3, 0.4) is 0 Å². The number of nitrogens with zero attached hydrogens (tertiary/aromatic N) is 3. The number of alkyl halides is 6. The smallest absolute Gasteiger partial charge is 0.309 e. The van der Waals surface area contributed by atoms with E-state index in [1.54, 1.807) is 12.1 Å². The zero-order valence-electron chi connectivity index (χ0n) is 36.5. The molecule has 3 nitrogen and oxygen atoms in total. The van der Waals surface area contributed by atoms with Gasteiger partial charge in [0.25, 0.3) is 0 Å². The zero-order valence-corrected chi connectivity index (χ0v) is 36.5. The maximum Gasteiger partial charge on any atom is 0.417 e. The van der Waals surface area contributed by atoms with Gasteiger partial charge in [0.05, 0.1) is 50.5 Å². The molecular formula is C59H37F6N3. The molecule has 11 aromatic rings. The van der Waals surface area contributed by atoms with Crippen LogP contribution in [-0.2, 0) is 12.4 Å². The van der Waals surface area contributed by atoms with Crippen LogP contribution >= 0.6 is 0 Å². The summed E-state index contributed by atoms with van der Waals surface area (Å²) in [5.74, 6) is 0. The number of rotatable bonds is 6. The highest BCUT2D eigenvalue weighted by Crippen LogP contribution is 2.48. The molecule has 68 heavy (non-hydrogen) atoms. The fourth-order valence-electron chi connectivity index (χ4n) is 10.0. The fourth-order valence-corrected chi connectivity index (χ4v) is 10.0. The van der Waals surface area contributed by atoms with Crippen LogP contribution in [0.25, 0.3) is 99.5 Å². The summed E-state index contributed by atoms with van der Waals surface area (Å²) in [7, 11) is 0. The number of aromatic nitrogens is 2. The lowest BCUT2D eigenvalue weighted by Crippen LogP contribution is -2.14. The Bertz CT molecular complexity index is 3850. The highest BCUT2D eigenvalue weighted by atomic mass is 19.4. The van der Waals surface area contributed by atoms with E-state index in [1.807, 2.05) is 115 Å². The van der Waals surface area contributed by atoms with Gasteiger partial charge in [-0.15, -0.1) is 0 Å². The molecule has 2 heterocycles. The van der Waals surface area contributed by atoms with Crippen molar-refractivity contribution in [3.63, 3.8) is 0 Å². The number of hydrogen-bond acceptors (Lipinski definition) is 1. The lowest BCUT2D eigenvalue weighted by molar-refractivity contribution is -0.142. The maximum absolute atomic E-state index is 14.9. The molecule has 9 aromatic carbocycles. The van der Waals surface area contributed by atoms with E-state index in [4.69, 9.17) is 0 Å². The second-order valence-corrected chi connectivity index (χ2v) is 17.1. The molecule has 0 bridgehead atoms. The summed E-state index contributed by atoms with van der Waals surface area (Å²) in [4.78, 5) is 0. The molecule has 11 rings (SSSR count). The third-order valence-electron chi connectivity index (χ3n) is 13.1. The third kappa shape index (κ3) is 6.91. The van der Waals surface area contributed by atoms with Gasteiger partial charge < -0.3 is 9.13 Å². The van der Waals surface area contributed by atoms with Gasteiger partial charge >= 0.3 is 12.4 Å². The largest absolute Gasteiger partial charge is 0.417 e. The molecule has 2 aromatic heterocycles. The molecule has 0 aliphatic carbocycles. The lowest BCUT2D eigenvalue weighted by atomic mass is 9.89. The van der Waals surface area contributed by atoms with E-state index in [9.17, 15) is 31.6 Å². The molecule has 0 fully saturated rings. The van der Waals surface area contributed by atoms with E-state index >= 15 is 0 Å². The molecule has 0 atom stereocenters. The first kappa shape index (κ1) is 42.3. The van der Waals surface area contributed by atoms with Crippen molar-refractivity contribution in [2.24, 2.45) is 0 Å². The number of hydrogen-bond donors (Lipinski definition) is 0. The Labute approximate surface area is 387 Å². The highest BCUT2D eigenvalue weighted by Gasteiger charge is 2.41. The molecule has 0 radical (unpaired) electrons. The first-order valence-corrected chi connectivity index (χ1v) is 22.0. The fraction of sp³-hybridized carbons (Fsp3) is 0.0678. The average molecular weight is 902 g/mol. The SMILES string of the molecule is Cc1ccccc1-c1ccc2c(c1)c1ccccc1n2-c1ccc(C#N)c(-c2cc(-c3c(C(F)(F)F)cccc3C(F)(F)F)ccc2-n2c3ccccc3c3cc(-c4ccccc4C)ccc32)c1. The molecule has 0 amide bonds. The standard InChI is InChI=1S/C59H37F6N3/c1-35-12-3-5-14-42(35)37-23-27-54-47(30-37)44-16-7-9-20-52(44)67(54)41-26-22-40(34-66)46(33-41)49-32-39(57-50(58(60,61)62)18-11-19-51(57)59(63,64)65)25-29-56(49)68-53-21-10-8-17-45(53)48-31-38(24-28-55(48)68)43-15-6-4-13-36(43)2/h3-33H,1-2H3. The third-order valence-corrected chi connectivity index (χ3v) is 13.1. The van der Waals surface area contributed by atoms with Crippen molar-refractivity contribution in [1.82, 2.24) is 9.13 Å². The van der Waals surface area contributed by atoms with Crippen molar-refractivity contribution in [3.05, 3.63) is 216 Å². The highest BCUT2D eigenvalue weighted by molar-refractivity contribution is 6.12. The van der Waals surface area contributed by atoms with Crippen LogP contribution in [0.2, 0.25) is 0 Å². The summed E-state index contributed by atoms with van der Waals surface area (Å²) in [6, 6.07) is 58.3. The Hall–Kier alpha value is -8.35. The quantitative estimate of drug-likeness (QED) is 0.153. The molecule has 330 valence electrons. The van der Waals surface area contributed by atoms with E-state index in [0.29, 0.717) is 29.1 Å². The minimum absolute atomic E-state index is 0.178. The lowest BCUT2D eigenvalue weighted by Gasteiger charge is -2.22. The van der Waals surface area contributed by atoms with Crippen LogP contribution in [0.1, 0.15) is 27.8 Å². The Morgan fingerprint density at radius 2 is 0.882 bits per heavy atom.